The summed E-state index contributed by atoms with van der Waals surface area (Å²) < 4.78 is 0. The van der Waals surface area contributed by atoms with E-state index >= 15 is 0 Å². The first kappa shape index (κ1) is 25.0. The van der Waals surface area contributed by atoms with E-state index in [4.69, 9.17) is 0 Å². The van der Waals surface area contributed by atoms with Crippen molar-refractivity contribution in [2.45, 2.75) is 111 Å². The number of fused-ring (bicyclic) bond motifs is 5. The number of Topliss-reactive ketones (excluding diaryl/α,β-unsaturated/α-hetero) is 1. The summed E-state index contributed by atoms with van der Waals surface area (Å²) in [5.41, 5.74) is 0.947. The van der Waals surface area contributed by atoms with Crippen LogP contribution in [-0.4, -0.2) is 21.8 Å². The van der Waals surface area contributed by atoms with Crippen molar-refractivity contribution in [3.63, 3.8) is 0 Å². The van der Waals surface area contributed by atoms with Gasteiger partial charge in [-0.25, -0.2) is 0 Å². The maximum atomic E-state index is 12.4. The van der Waals surface area contributed by atoms with Crippen molar-refractivity contribution in [3.05, 3.63) is 11.6 Å². The van der Waals surface area contributed by atoms with Crippen LogP contribution in [0.3, 0.4) is 0 Å². The Morgan fingerprint density at radius 3 is 2.53 bits per heavy atom. The van der Waals surface area contributed by atoms with Crippen LogP contribution in [0.1, 0.15) is 105 Å². The highest BCUT2D eigenvalue weighted by molar-refractivity contribution is 9.09. The summed E-state index contributed by atoms with van der Waals surface area (Å²) in [4.78, 5) is 12.4. The number of ketones is 1. The zero-order chi connectivity index (χ0) is 23.3. The maximum absolute atomic E-state index is 12.4. The minimum absolute atomic E-state index is 0.0381. The standard InChI is InChI=1S/C29H47BrO2/c1-19(2)7-6-8-20(3)23-11-12-24-22-10-9-21-17-29(32,26(31)18-30)16-15-27(21,4)25(22)13-14-28(23,24)5/h9,19-20,22-25,32H,6-8,10-18H2,1-5H3/t20-,22+,23-,24+,25+,27+,28-,29?/m1/s1. The molecule has 0 aromatic heterocycles. The predicted molar refractivity (Wildman–Crippen MR) is 137 cm³/mol. The Labute approximate surface area is 205 Å². The largest absolute Gasteiger partial charge is 0.382 e. The molecule has 4 aliphatic carbocycles. The molecule has 1 unspecified atom stereocenters. The van der Waals surface area contributed by atoms with Crippen molar-refractivity contribution in [1.29, 1.82) is 0 Å². The Balaban J connectivity index is 1.50. The van der Waals surface area contributed by atoms with Crippen LogP contribution in [0, 0.1) is 46.3 Å². The first-order valence-corrected chi connectivity index (χ1v) is 14.7. The minimum Gasteiger partial charge on any atom is -0.382 e. The van der Waals surface area contributed by atoms with Gasteiger partial charge < -0.3 is 5.11 Å². The number of allylic oxidation sites excluding steroid dienone is 1. The second kappa shape index (κ2) is 9.14. The van der Waals surface area contributed by atoms with Crippen molar-refractivity contribution < 1.29 is 9.90 Å². The summed E-state index contributed by atoms with van der Waals surface area (Å²) >= 11 is 3.29. The monoisotopic (exact) mass is 506 g/mol. The lowest BCUT2D eigenvalue weighted by atomic mass is 9.46. The Morgan fingerprint density at radius 2 is 1.84 bits per heavy atom. The molecule has 0 aromatic rings. The number of aliphatic hydroxyl groups is 1. The molecule has 182 valence electrons. The molecule has 8 atom stereocenters. The van der Waals surface area contributed by atoms with Crippen molar-refractivity contribution in [3.8, 4) is 0 Å². The predicted octanol–water partition coefficient (Wildman–Crippen LogP) is 7.72. The molecule has 4 rings (SSSR count). The van der Waals surface area contributed by atoms with Gasteiger partial charge in [-0.1, -0.05) is 81.5 Å². The first-order chi connectivity index (χ1) is 15.0. The van der Waals surface area contributed by atoms with Crippen LogP contribution in [-0.2, 0) is 4.79 Å². The highest BCUT2D eigenvalue weighted by Crippen LogP contribution is 2.67. The number of carbonyl (C=O) groups is 1. The average molecular weight is 508 g/mol. The Kier molecular flexibility index (Phi) is 7.13. The number of hydrogen-bond acceptors (Lipinski definition) is 2. The van der Waals surface area contributed by atoms with Crippen LogP contribution in [0.5, 0.6) is 0 Å². The third-order valence-corrected chi connectivity index (χ3v) is 11.5. The van der Waals surface area contributed by atoms with Gasteiger partial charge in [-0.3, -0.25) is 4.79 Å². The normalized spacial score (nSPS) is 44.4. The minimum atomic E-state index is -1.14. The fourth-order valence-corrected chi connectivity index (χ4v) is 9.56. The smallest absolute Gasteiger partial charge is 0.175 e. The van der Waals surface area contributed by atoms with Gasteiger partial charge in [0.1, 0.15) is 5.60 Å². The van der Waals surface area contributed by atoms with E-state index in [1.165, 1.54) is 56.9 Å². The van der Waals surface area contributed by atoms with E-state index in [1.54, 1.807) is 0 Å². The molecule has 0 saturated heterocycles. The number of rotatable bonds is 7. The summed E-state index contributed by atoms with van der Waals surface area (Å²) in [6.07, 6.45) is 15.5. The van der Waals surface area contributed by atoms with Crippen molar-refractivity contribution in [2.75, 3.05) is 5.33 Å². The maximum Gasteiger partial charge on any atom is 0.175 e. The second-order valence-electron chi connectivity index (χ2n) is 13.1. The van der Waals surface area contributed by atoms with Crippen LogP contribution in [0.15, 0.2) is 11.6 Å². The molecule has 32 heavy (non-hydrogen) atoms. The van der Waals surface area contributed by atoms with Gasteiger partial charge in [0, 0.05) is 6.42 Å². The van der Waals surface area contributed by atoms with E-state index in [2.05, 4.69) is 56.6 Å². The number of hydrogen-bond donors (Lipinski definition) is 1. The molecule has 0 aromatic carbocycles. The topological polar surface area (TPSA) is 37.3 Å². The van der Waals surface area contributed by atoms with Gasteiger partial charge in [0.15, 0.2) is 5.78 Å². The van der Waals surface area contributed by atoms with Crippen LogP contribution in [0.4, 0.5) is 0 Å². The summed E-state index contributed by atoms with van der Waals surface area (Å²) in [6.45, 7) is 12.4. The van der Waals surface area contributed by atoms with Crippen molar-refractivity contribution in [1.82, 2.24) is 0 Å². The first-order valence-electron chi connectivity index (χ1n) is 13.6. The van der Waals surface area contributed by atoms with Gasteiger partial charge in [0.05, 0.1) is 5.33 Å². The molecule has 3 heteroatoms. The fraction of sp³-hybridized carbons (Fsp3) is 0.897. The third-order valence-electron chi connectivity index (χ3n) is 11.0. The van der Waals surface area contributed by atoms with Gasteiger partial charge >= 0.3 is 0 Å². The molecule has 3 saturated carbocycles. The van der Waals surface area contributed by atoms with E-state index in [0.29, 0.717) is 18.3 Å². The lowest BCUT2D eigenvalue weighted by Crippen LogP contribution is -2.54. The van der Waals surface area contributed by atoms with E-state index < -0.39 is 5.60 Å². The van der Waals surface area contributed by atoms with Crippen molar-refractivity contribution in [2.24, 2.45) is 46.3 Å². The number of carbonyl (C=O) groups excluding carboxylic acids is 1. The molecule has 2 nitrogen and oxygen atoms in total. The number of alkyl halides is 1. The summed E-state index contributed by atoms with van der Waals surface area (Å²) in [7, 11) is 0. The molecule has 0 aliphatic heterocycles. The van der Waals surface area contributed by atoms with Gasteiger partial charge in [0.2, 0.25) is 0 Å². The molecule has 0 radical (unpaired) electrons. The summed E-state index contributed by atoms with van der Waals surface area (Å²) in [6, 6.07) is 0. The van der Waals surface area contributed by atoms with Crippen LogP contribution in [0.25, 0.3) is 0 Å². The van der Waals surface area contributed by atoms with E-state index in [1.807, 2.05) is 0 Å². The zero-order valence-corrected chi connectivity index (χ0v) is 22.8. The van der Waals surface area contributed by atoms with E-state index in [9.17, 15) is 9.90 Å². The average Bonchev–Trinajstić information content (AvgIpc) is 3.10. The molecule has 0 bridgehead atoms. The van der Waals surface area contributed by atoms with Crippen molar-refractivity contribution >= 4 is 21.7 Å². The Morgan fingerprint density at radius 1 is 1.09 bits per heavy atom. The summed E-state index contributed by atoms with van der Waals surface area (Å²) in [5, 5.41) is 11.3. The third kappa shape index (κ3) is 4.10. The van der Waals surface area contributed by atoms with Gasteiger partial charge in [0.25, 0.3) is 0 Å². The quantitative estimate of drug-likeness (QED) is 0.283. The Hall–Kier alpha value is -0.150. The van der Waals surface area contributed by atoms with Crippen LogP contribution >= 0.6 is 15.9 Å². The van der Waals surface area contributed by atoms with Gasteiger partial charge in [-0.2, -0.15) is 0 Å². The van der Waals surface area contributed by atoms with E-state index in [0.717, 1.165) is 41.9 Å². The molecule has 1 N–H and O–H groups in total. The van der Waals surface area contributed by atoms with Crippen LogP contribution in [0.2, 0.25) is 0 Å². The molecule has 0 spiro atoms. The SMILES string of the molecule is CC(C)CCC[C@@H](C)[C@H]1CC[C@H]2[C@@H]3CC=C4CC(O)(C(=O)CBr)CC[C@]4(C)[C@H]3CC[C@]12C. The van der Waals surface area contributed by atoms with Gasteiger partial charge in [-0.15, -0.1) is 0 Å². The molecular weight excluding hydrogens is 460 g/mol. The molecule has 0 heterocycles. The molecule has 3 fully saturated rings. The summed E-state index contributed by atoms with van der Waals surface area (Å²) in [5.74, 6) is 4.93. The molecular formula is C29H47BrO2. The second-order valence-corrected chi connectivity index (χ2v) is 13.6. The van der Waals surface area contributed by atoms with Crippen LogP contribution < -0.4 is 0 Å². The highest BCUT2D eigenvalue weighted by atomic mass is 79.9. The highest BCUT2D eigenvalue weighted by Gasteiger charge is 2.60. The molecule has 4 aliphatic rings. The lowest BCUT2D eigenvalue weighted by Gasteiger charge is -2.59. The number of halogens is 1. The fourth-order valence-electron chi connectivity index (χ4n) is 9.03. The Bertz CT molecular complexity index is 743. The lowest BCUT2D eigenvalue weighted by molar-refractivity contribution is -0.140. The van der Waals surface area contributed by atoms with Gasteiger partial charge in [-0.05, 0) is 91.3 Å². The van der Waals surface area contributed by atoms with E-state index in [-0.39, 0.29) is 16.5 Å². The zero-order valence-electron chi connectivity index (χ0n) is 21.3. The molecule has 0 amide bonds.